The van der Waals surface area contributed by atoms with E-state index in [1.807, 2.05) is 0 Å². The maximum atomic E-state index is 6.11. The first-order chi connectivity index (χ1) is 8.62. The topological polar surface area (TPSA) is 29.3 Å². The average Bonchev–Trinajstić information content (AvgIpc) is 2.36. The predicted molar refractivity (Wildman–Crippen MR) is 84.3 cm³/mol. The third-order valence-corrected chi connectivity index (χ3v) is 3.76. The maximum absolute atomic E-state index is 6.11. The van der Waals surface area contributed by atoms with E-state index in [1.54, 1.807) is 0 Å². The highest BCUT2D eigenvalue weighted by Crippen LogP contribution is 2.26. The summed E-state index contributed by atoms with van der Waals surface area (Å²) in [7, 11) is 0. The first-order valence-corrected chi connectivity index (χ1v) is 7.70. The summed E-state index contributed by atoms with van der Waals surface area (Å²) in [5.74, 6) is 0. The van der Waals surface area contributed by atoms with E-state index in [9.17, 15) is 0 Å². The highest BCUT2D eigenvalue weighted by molar-refractivity contribution is 9.10. The minimum Gasteiger partial charge on any atom is -0.372 e. The molecule has 1 unspecified atom stereocenters. The third-order valence-electron chi connectivity index (χ3n) is 3.26. The molecule has 1 aromatic rings. The van der Waals surface area contributed by atoms with Gasteiger partial charge in [-0.05, 0) is 49.9 Å². The largest absolute Gasteiger partial charge is 0.372 e. The number of halogens is 1. The van der Waals surface area contributed by atoms with Crippen LogP contribution in [-0.2, 0) is 6.42 Å². The van der Waals surface area contributed by atoms with E-state index in [-0.39, 0.29) is 6.04 Å². The zero-order valence-electron chi connectivity index (χ0n) is 11.7. The van der Waals surface area contributed by atoms with Gasteiger partial charge in [0, 0.05) is 29.3 Å². The Labute approximate surface area is 120 Å². The molecule has 0 aliphatic heterocycles. The molecular weight excluding hydrogens is 288 g/mol. The lowest BCUT2D eigenvalue weighted by atomic mass is 10.0. The van der Waals surface area contributed by atoms with Crippen molar-refractivity contribution in [2.75, 3.05) is 18.0 Å². The molecule has 0 radical (unpaired) electrons. The molecule has 2 N–H and O–H groups in total. The van der Waals surface area contributed by atoms with Crippen molar-refractivity contribution in [1.29, 1.82) is 0 Å². The van der Waals surface area contributed by atoms with Crippen LogP contribution in [0.2, 0.25) is 0 Å². The first kappa shape index (κ1) is 15.5. The molecule has 0 amide bonds. The zero-order valence-corrected chi connectivity index (χ0v) is 13.3. The molecule has 2 nitrogen and oxygen atoms in total. The minimum absolute atomic E-state index is 0.249. The van der Waals surface area contributed by atoms with Crippen LogP contribution in [0.4, 0.5) is 5.69 Å². The lowest BCUT2D eigenvalue weighted by Gasteiger charge is -2.26. The lowest BCUT2D eigenvalue weighted by molar-refractivity contribution is 0.643. The minimum atomic E-state index is 0.249. The molecule has 0 aliphatic carbocycles. The summed E-state index contributed by atoms with van der Waals surface area (Å²) in [4.78, 5) is 2.43. The van der Waals surface area contributed by atoms with E-state index in [2.05, 4.69) is 59.8 Å². The van der Waals surface area contributed by atoms with Crippen molar-refractivity contribution in [2.45, 2.75) is 46.1 Å². The highest BCUT2D eigenvalue weighted by atomic mass is 79.9. The van der Waals surface area contributed by atoms with Gasteiger partial charge in [0.05, 0.1) is 0 Å². The van der Waals surface area contributed by atoms with Crippen molar-refractivity contribution >= 4 is 21.6 Å². The number of anilines is 1. The van der Waals surface area contributed by atoms with Gasteiger partial charge in [-0.2, -0.15) is 0 Å². The Bertz CT molecular complexity index is 366. The normalized spacial score (nSPS) is 12.5. The van der Waals surface area contributed by atoms with Crippen LogP contribution in [0.5, 0.6) is 0 Å². The lowest BCUT2D eigenvalue weighted by Crippen LogP contribution is -2.27. The average molecular weight is 313 g/mol. The van der Waals surface area contributed by atoms with Crippen LogP contribution in [0.15, 0.2) is 22.7 Å². The summed E-state index contributed by atoms with van der Waals surface area (Å²) in [6.45, 7) is 8.72. The van der Waals surface area contributed by atoms with Gasteiger partial charge in [-0.1, -0.05) is 29.8 Å². The zero-order chi connectivity index (χ0) is 13.5. The van der Waals surface area contributed by atoms with Crippen LogP contribution in [-0.4, -0.2) is 19.1 Å². The van der Waals surface area contributed by atoms with Crippen molar-refractivity contribution in [3.63, 3.8) is 0 Å². The number of nitrogens with two attached hydrogens (primary N) is 1. The number of hydrogen-bond donors (Lipinski definition) is 1. The second-order valence-electron chi connectivity index (χ2n) is 4.73. The fourth-order valence-electron chi connectivity index (χ4n) is 2.17. The summed E-state index contributed by atoms with van der Waals surface area (Å²) < 4.78 is 1.14. The molecule has 0 saturated heterocycles. The van der Waals surface area contributed by atoms with Crippen LogP contribution in [0.25, 0.3) is 0 Å². The number of rotatable bonds is 7. The Morgan fingerprint density at radius 1 is 1.28 bits per heavy atom. The van der Waals surface area contributed by atoms with Gasteiger partial charge in [-0.15, -0.1) is 0 Å². The molecule has 102 valence electrons. The van der Waals surface area contributed by atoms with Gasteiger partial charge >= 0.3 is 0 Å². The molecule has 0 spiro atoms. The molecule has 1 rings (SSSR count). The fourth-order valence-corrected chi connectivity index (χ4v) is 2.58. The molecule has 0 saturated carbocycles. The summed E-state index contributed by atoms with van der Waals surface area (Å²) >= 11 is 3.56. The van der Waals surface area contributed by atoms with E-state index in [0.29, 0.717) is 0 Å². The van der Waals surface area contributed by atoms with Crippen LogP contribution >= 0.6 is 15.9 Å². The van der Waals surface area contributed by atoms with Gasteiger partial charge in [0.1, 0.15) is 0 Å². The monoisotopic (exact) mass is 312 g/mol. The Balaban J connectivity index is 3.01. The standard InChI is InChI=1S/C15H25BrN2/c1-4-9-18(6-3)15-8-7-13(16)10-12(15)11-14(17)5-2/h7-8,10,14H,4-6,9,11,17H2,1-3H3. The highest BCUT2D eigenvalue weighted by Gasteiger charge is 2.12. The van der Waals surface area contributed by atoms with E-state index in [0.717, 1.165) is 30.4 Å². The SMILES string of the molecule is CCCN(CC)c1ccc(Br)cc1CC(N)CC. The van der Waals surface area contributed by atoms with Crippen LogP contribution in [0.3, 0.4) is 0 Å². The van der Waals surface area contributed by atoms with E-state index < -0.39 is 0 Å². The van der Waals surface area contributed by atoms with E-state index >= 15 is 0 Å². The summed E-state index contributed by atoms with van der Waals surface area (Å²) in [6.07, 6.45) is 3.14. The van der Waals surface area contributed by atoms with Crippen molar-refractivity contribution < 1.29 is 0 Å². The van der Waals surface area contributed by atoms with Gasteiger partial charge in [0.15, 0.2) is 0 Å². The van der Waals surface area contributed by atoms with Crippen molar-refractivity contribution in [1.82, 2.24) is 0 Å². The first-order valence-electron chi connectivity index (χ1n) is 6.91. The molecular formula is C15H25BrN2. The Morgan fingerprint density at radius 3 is 2.56 bits per heavy atom. The molecule has 0 bridgehead atoms. The number of benzene rings is 1. The van der Waals surface area contributed by atoms with Gasteiger partial charge in [0.2, 0.25) is 0 Å². The molecule has 3 heteroatoms. The second-order valence-corrected chi connectivity index (χ2v) is 5.64. The van der Waals surface area contributed by atoms with E-state index in [4.69, 9.17) is 5.73 Å². The van der Waals surface area contributed by atoms with Gasteiger partial charge in [-0.25, -0.2) is 0 Å². The number of hydrogen-bond acceptors (Lipinski definition) is 2. The second kappa shape index (κ2) is 7.80. The van der Waals surface area contributed by atoms with Gasteiger partial charge in [0.25, 0.3) is 0 Å². The molecule has 1 aromatic carbocycles. The predicted octanol–water partition coefficient (Wildman–Crippen LogP) is 3.97. The third kappa shape index (κ3) is 4.29. The van der Waals surface area contributed by atoms with Crippen LogP contribution in [0.1, 0.15) is 39.2 Å². The van der Waals surface area contributed by atoms with Crippen molar-refractivity contribution in [2.24, 2.45) is 5.73 Å². The Morgan fingerprint density at radius 2 is 2.00 bits per heavy atom. The molecule has 18 heavy (non-hydrogen) atoms. The maximum Gasteiger partial charge on any atom is 0.0400 e. The number of nitrogens with zero attached hydrogens (tertiary/aromatic N) is 1. The van der Waals surface area contributed by atoms with Crippen molar-refractivity contribution in [3.05, 3.63) is 28.2 Å². The summed E-state index contributed by atoms with van der Waals surface area (Å²) in [5, 5.41) is 0. The van der Waals surface area contributed by atoms with Crippen molar-refractivity contribution in [3.8, 4) is 0 Å². The van der Waals surface area contributed by atoms with Gasteiger partial charge in [-0.3, -0.25) is 0 Å². The molecule has 0 heterocycles. The molecule has 0 aromatic heterocycles. The fraction of sp³-hybridized carbons (Fsp3) is 0.600. The van der Waals surface area contributed by atoms with Crippen LogP contribution in [0, 0.1) is 0 Å². The Hall–Kier alpha value is -0.540. The quantitative estimate of drug-likeness (QED) is 0.825. The molecule has 1 atom stereocenters. The Kier molecular flexibility index (Phi) is 6.72. The molecule has 0 fully saturated rings. The summed E-state index contributed by atoms with van der Waals surface area (Å²) in [5.41, 5.74) is 8.80. The van der Waals surface area contributed by atoms with Gasteiger partial charge < -0.3 is 10.6 Å². The van der Waals surface area contributed by atoms with E-state index in [1.165, 1.54) is 17.7 Å². The molecule has 0 aliphatic rings. The smallest absolute Gasteiger partial charge is 0.0400 e. The summed E-state index contributed by atoms with van der Waals surface area (Å²) in [6, 6.07) is 6.79. The van der Waals surface area contributed by atoms with Crippen LogP contribution < -0.4 is 10.6 Å².